The molecule has 1 aliphatic carbocycles. The van der Waals surface area contributed by atoms with Gasteiger partial charge in [0.2, 0.25) is 5.95 Å². The third kappa shape index (κ3) is 4.74. The predicted octanol–water partition coefficient (Wildman–Crippen LogP) is 5.16. The second kappa shape index (κ2) is 9.99. The second-order valence-electron chi connectivity index (χ2n) is 10.5. The lowest BCUT2D eigenvalue weighted by atomic mass is 10.0. The van der Waals surface area contributed by atoms with E-state index in [0.29, 0.717) is 34.7 Å². The molecular formula is C28H32F2N8. The molecule has 1 aliphatic heterocycles. The highest BCUT2D eigenvalue weighted by atomic mass is 19.1. The first-order valence-corrected chi connectivity index (χ1v) is 13.3. The SMILES string of the molecule is Cc1nc2c(F)cc(-c3nc(Nc4ccc([C@H](C5CC5)N5CCNCC5)cn4)ncc3F)cc2n1C(C)C. The summed E-state index contributed by atoms with van der Waals surface area (Å²) < 4.78 is 31.8. The molecule has 2 aliphatic rings. The van der Waals surface area contributed by atoms with Crippen LogP contribution in [0.5, 0.6) is 0 Å². The third-order valence-corrected chi connectivity index (χ3v) is 7.44. The summed E-state index contributed by atoms with van der Waals surface area (Å²) in [6.45, 7) is 9.94. The van der Waals surface area contributed by atoms with Crippen LogP contribution in [-0.2, 0) is 0 Å². The first kappa shape index (κ1) is 24.8. The lowest BCUT2D eigenvalue weighted by Crippen LogP contribution is -2.45. The van der Waals surface area contributed by atoms with Crippen LogP contribution in [0.1, 0.15) is 50.2 Å². The Hall–Kier alpha value is -3.50. The maximum absolute atomic E-state index is 15.0. The van der Waals surface area contributed by atoms with Crippen molar-refractivity contribution in [3.63, 3.8) is 0 Å². The van der Waals surface area contributed by atoms with Crippen LogP contribution in [-0.4, -0.2) is 55.6 Å². The molecule has 1 aromatic carbocycles. The number of hydrogen-bond acceptors (Lipinski definition) is 7. The largest absolute Gasteiger partial charge is 0.326 e. The summed E-state index contributed by atoms with van der Waals surface area (Å²) in [5, 5.41) is 6.51. The summed E-state index contributed by atoms with van der Waals surface area (Å²) in [6, 6.07) is 7.48. The van der Waals surface area contributed by atoms with Crippen molar-refractivity contribution in [1.29, 1.82) is 0 Å². The summed E-state index contributed by atoms with van der Waals surface area (Å²) >= 11 is 0. The van der Waals surface area contributed by atoms with E-state index in [1.54, 1.807) is 6.07 Å². The van der Waals surface area contributed by atoms with Crippen molar-refractivity contribution in [2.45, 2.75) is 45.7 Å². The van der Waals surface area contributed by atoms with Crippen LogP contribution in [0.2, 0.25) is 0 Å². The molecule has 1 saturated heterocycles. The lowest BCUT2D eigenvalue weighted by Gasteiger charge is -2.35. The smallest absolute Gasteiger partial charge is 0.229 e. The molecule has 10 heteroatoms. The molecule has 0 spiro atoms. The molecule has 38 heavy (non-hydrogen) atoms. The van der Waals surface area contributed by atoms with Gasteiger partial charge in [0, 0.05) is 50.0 Å². The van der Waals surface area contributed by atoms with Gasteiger partial charge in [-0.1, -0.05) is 6.07 Å². The molecule has 1 atom stereocenters. The fraction of sp³-hybridized carbons (Fsp3) is 0.429. The highest BCUT2D eigenvalue weighted by Gasteiger charge is 2.36. The standard InChI is InChI=1S/C28H32F2N8/c1-16(2)38-17(3)34-26-21(29)12-20(13-23(26)38)25-22(30)15-33-28(36-25)35-24-7-6-19(14-32-24)27(18-4-5-18)37-10-8-31-9-11-37/h6-7,12-16,18,27,31H,4-5,8-11H2,1-3H3,(H,32,33,35,36)/t27-/m0/s1. The summed E-state index contributed by atoms with van der Waals surface area (Å²) in [4.78, 5) is 20.0. The molecule has 8 nitrogen and oxygen atoms in total. The zero-order valence-electron chi connectivity index (χ0n) is 21.9. The normalized spacial score (nSPS) is 17.3. The van der Waals surface area contributed by atoms with Gasteiger partial charge in [0.1, 0.15) is 22.9 Å². The number of pyridine rings is 1. The summed E-state index contributed by atoms with van der Waals surface area (Å²) in [7, 11) is 0. The van der Waals surface area contributed by atoms with E-state index >= 15 is 0 Å². The van der Waals surface area contributed by atoms with E-state index in [0.717, 1.165) is 32.4 Å². The van der Waals surface area contributed by atoms with Crippen LogP contribution >= 0.6 is 0 Å². The predicted molar refractivity (Wildman–Crippen MR) is 143 cm³/mol. The van der Waals surface area contributed by atoms with Crippen molar-refractivity contribution in [1.82, 2.24) is 34.7 Å². The first-order valence-electron chi connectivity index (χ1n) is 13.3. The number of hydrogen-bond donors (Lipinski definition) is 2. The average Bonchev–Trinajstić information content (AvgIpc) is 3.67. The van der Waals surface area contributed by atoms with Gasteiger partial charge >= 0.3 is 0 Å². The number of aromatic nitrogens is 5. The van der Waals surface area contributed by atoms with E-state index in [1.807, 2.05) is 37.6 Å². The van der Waals surface area contributed by atoms with Crippen molar-refractivity contribution < 1.29 is 8.78 Å². The number of halogens is 2. The average molecular weight is 519 g/mol. The van der Waals surface area contributed by atoms with Crippen molar-refractivity contribution in [2.24, 2.45) is 5.92 Å². The topological polar surface area (TPSA) is 83.8 Å². The van der Waals surface area contributed by atoms with E-state index in [2.05, 4.69) is 41.5 Å². The van der Waals surface area contributed by atoms with Gasteiger partial charge in [0.25, 0.3) is 0 Å². The molecule has 2 fully saturated rings. The Morgan fingerprint density at radius 3 is 2.47 bits per heavy atom. The van der Waals surface area contributed by atoms with E-state index in [-0.39, 0.29) is 23.2 Å². The Morgan fingerprint density at radius 1 is 1.00 bits per heavy atom. The van der Waals surface area contributed by atoms with Crippen molar-refractivity contribution >= 4 is 22.8 Å². The van der Waals surface area contributed by atoms with Gasteiger partial charge in [-0.3, -0.25) is 4.90 Å². The lowest BCUT2D eigenvalue weighted by molar-refractivity contribution is 0.156. The Labute approximate surface area is 220 Å². The number of aryl methyl sites for hydroxylation is 1. The minimum Gasteiger partial charge on any atom is -0.326 e. The number of fused-ring (bicyclic) bond motifs is 1. The van der Waals surface area contributed by atoms with Crippen LogP contribution in [0.25, 0.3) is 22.3 Å². The van der Waals surface area contributed by atoms with Crippen LogP contribution in [0.15, 0.2) is 36.7 Å². The fourth-order valence-corrected chi connectivity index (χ4v) is 5.61. The van der Waals surface area contributed by atoms with Crippen LogP contribution in [0, 0.1) is 24.5 Å². The van der Waals surface area contributed by atoms with Gasteiger partial charge < -0.3 is 15.2 Å². The molecule has 4 heterocycles. The molecule has 3 aromatic heterocycles. The van der Waals surface area contributed by atoms with E-state index < -0.39 is 11.6 Å². The summed E-state index contributed by atoms with van der Waals surface area (Å²) in [6.07, 6.45) is 5.52. The van der Waals surface area contributed by atoms with Crippen LogP contribution < -0.4 is 10.6 Å². The zero-order chi connectivity index (χ0) is 26.4. The van der Waals surface area contributed by atoms with Crippen LogP contribution in [0.3, 0.4) is 0 Å². The van der Waals surface area contributed by atoms with E-state index in [4.69, 9.17) is 0 Å². The number of anilines is 2. The Morgan fingerprint density at radius 2 is 1.79 bits per heavy atom. The van der Waals surface area contributed by atoms with E-state index in [9.17, 15) is 8.78 Å². The molecule has 2 N–H and O–H groups in total. The minimum atomic E-state index is -0.631. The molecule has 0 bridgehead atoms. The Bertz CT molecular complexity index is 1460. The molecular weight excluding hydrogens is 486 g/mol. The number of nitrogens with one attached hydrogen (secondary N) is 2. The zero-order valence-corrected chi connectivity index (χ0v) is 21.9. The maximum Gasteiger partial charge on any atom is 0.229 e. The highest BCUT2D eigenvalue weighted by molar-refractivity contribution is 5.83. The van der Waals surface area contributed by atoms with Gasteiger partial charge in [-0.2, -0.15) is 0 Å². The summed E-state index contributed by atoms with van der Waals surface area (Å²) in [5.74, 6) is 0.998. The Balaban J connectivity index is 1.27. The second-order valence-corrected chi connectivity index (χ2v) is 10.5. The summed E-state index contributed by atoms with van der Waals surface area (Å²) in [5.41, 5.74) is 2.42. The van der Waals surface area contributed by atoms with Gasteiger partial charge in [-0.15, -0.1) is 0 Å². The molecule has 4 aromatic rings. The number of nitrogens with zero attached hydrogens (tertiary/aromatic N) is 6. The molecule has 1 saturated carbocycles. The minimum absolute atomic E-state index is 0.0154. The van der Waals surface area contributed by atoms with Crippen molar-refractivity contribution in [2.75, 3.05) is 31.5 Å². The Kier molecular flexibility index (Phi) is 6.53. The van der Waals surface area contributed by atoms with Crippen molar-refractivity contribution in [3.05, 3.63) is 59.7 Å². The quantitative estimate of drug-likeness (QED) is 0.350. The monoisotopic (exact) mass is 518 g/mol. The maximum atomic E-state index is 15.0. The number of imidazole rings is 1. The molecule has 6 rings (SSSR count). The van der Waals surface area contributed by atoms with Gasteiger partial charge in [-0.05, 0) is 63.3 Å². The molecule has 0 amide bonds. The number of piperazine rings is 1. The molecule has 198 valence electrons. The number of benzene rings is 1. The van der Waals surface area contributed by atoms with Gasteiger partial charge in [-0.25, -0.2) is 28.7 Å². The number of rotatable bonds is 7. The molecule has 0 unspecified atom stereocenters. The fourth-order valence-electron chi connectivity index (χ4n) is 5.61. The van der Waals surface area contributed by atoms with Crippen LogP contribution in [0.4, 0.5) is 20.5 Å². The third-order valence-electron chi connectivity index (χ3n) is 7.44. The van der Waals surface area contributed by atoms with Crippen molar-refractivity contribution in [3.8, 4) is 11.3 Å². The molecule has 0 radical (unpaired) electrons. The first-order chi connectivity index (χ1) is 18.4. The highest BCUT2D eigenvalue weighted by Crippen LogP contribution is 2.44. The van der Waals surface area contributed by atoms with Gasteiger partial charge in [0.15, 0.2) is 11.6 Å². The van der Waals surface area contributed by atoms with Gasteiger partial charge in [0.05, 0.1) is 11.7 Å². The van der Waals surface area contributed by atoms with E-state index in [1.165, 1.54) is 24.5 Å².